The molecule has 2 nitrogen and oxygen atoms in total. The zero-order chi connectivity index (χ0) is 13.0. The predicted octanol–water partition coefficient (Wildman–Crippen LogP) is 2.79. The molecular weight excluding hydrogens is 208 g/mol. The van der Waals surface area contributed by atoms with Crippen LogP contribution in [0.3, 0.4) is 0 Å². The van der Waals surface area contributed by atoms with Crippen LogP contribution in [0.1, 0.15) is 40.3 Å². The summed E-state index contributed by atoms with van der Waals surface area (Å²) >= 11 is 0. The first-order chi connectivity index (χ1) is 8.02. The number of aryl methyl sites for hydroxylation is 2. The molecule has 0 saturated carbocycles. The van der Waals surface area contributed by atoms with Gasteiger partial charge in [-0.1, -0.05) is 6.07 Å². The number of benzene rings is 1. The molecule has 1 aromatic carbocycles. The Morgan fingerprint density at radius 3 is 1.94 bits per heavy atom. The highest BCUT2D eigenvalue weighted by molar-refractivity contribution is 5.45. The van der Waals surface area contributed by atoms with Gasteiger partial charge in [-0.05, 0) is 82.6 Å². The van der Waals surface area contributed by atoms with E-state index in [9.17, 15) is 0 Å². The van der Waals surface area contributed by atoms with E-state index in [0.29, 0.717) is 6.04 Å². The van der Waals surface area contributed by atoms with Gasteiger partial charge >= 0.3 is 0 Å². The second-order valence-electron chi connectivity index (χ2n) is 4.91. The molecule has 0 saturated heterocycles. The molecule has 1 aromatic rings. The second-order valence-corrected chi connectivity index (χ2v) is 4.91. The molecule has 0 aliphatic heterocycles. The van der Waals surface area contributed by atoms with Crippen LogP contribution in [0.4, 0.5) is 0 Å². The van der Waals surface area contributed by atoms with Crippen LogP contribution in [0, 0.1) is 27.7 Å². The largest absolute Gasteiger partial charge is 0.320 e. The van der Waals surface area contributed by atoms with Crippen molar-refractivity contribution in [3.05, 3.63) is 33.9 Å². The number of rotatable bonds is 5. The third kappa shape index (κ3) is 3.08. The Hall–Kier alpha value is -0.860. The zero-order valence-electron chi connectivity index (χ0n) is 12.1. The fourth-order valence-corrected chi connectivity index (χ4v) is 2.49. The summed E-state index contributed by atoms with van der Waals surface area (Å²) in [4.78, 5) is 0. The maximum Gasteiger partial charge on any atom is 0.0335 e. The van der Waals surface area contributed by atoms with Crippen molar-refractivity contribution in [2.24, 2.45) is 0 Å². The van der Waals surface area contributed by atoms with E-state index in [-0.39, 0.29) is 0 Å². The molecule has 0 amide bonds. The Labute approximate surface area is 106 Å². The van der Waals surface area contributed by atoms with E-state index in [2.05, 4.69) is 51.4 Å². The van der Waals surface area contributed by atoms with E-state index in [1.54, 1.807) is 0 Å². The van der Waals surface area contributed by atoms with Gasteiger partial charge < -0.3 is 10.6 Å². The maximum atomic E-state index is 3.45. The molecule has 1 unspecified atom stereocenters. The van der Waals surface area contributed by atoms with Crippen LogP contribution in [-0.2, 0) is 0 Å². The summed E-state index contributed by atoms with van der Waals surface area (Å²) in [6.07, 6.45) is 1.12. The lowest BCUT2D eigenvalue weighted by atomic mass is 9.88. The highest BCUT2D eigenvalue weighted by Crippen LogP contribution is 2.28. The molecule has 17 heavy (non-hydrogen) atoms. The van der Waals surface area contributed by atoms with Crippen LogP contribution in [0.2, 0.25) is 0 Å². The summed E-state index contributed by atoms with van der Waals surface area (Å²) in [7, 11) is 4.06. The van der Waals surface area contributed by atoms with Gasteiger partial charge in [0.15, 0.2) is 0 Å². The standard InChI is InChI=1S/C15H26N2/c1-10-9-11(2)13(4)15(12(10)3)14(17-6)7-8-16-5/h9,14,16-17H,7-8H2,1-6H3. The minimum Gasteiger partial charge on any atom is -0.320 e. The van der Waals surface area contributed by atoms with Crippen molar-refractivity contribution in [2.75, 3.05) is 20.6 Å². The lowest BCUT2D eigenvalue weighted by Gasteiger charge is -2.24. The van der Waals surface area contributed by atoms with E-state index in [4.69, 9.17) is 0 Å². The Morgan fingerprint density at radius 1 is 1.00 bits per heavy atom. The summed E-state index contributed by atoms with van der Waals surface area (Å²) in [6.45, 7) is 9.92. The minimum atomic E-state index is 0.445. The van der Waals surface area contributed by atoms with Crippen molar-refractivity contribution >= 4 is 0 Å². The normalized spacial score (nSPS) is 12.8. The third-order valence-electron chi connectivity index (χ3n) is 3.80. The van der Waals surface area contributed by atoms with Crippen LogP contribution in [0.15, 0.2) is 6.07 Å². The van der Waals surface area contributed by atoms with E-state index in [0.717, 1.165) is 13.0 Å². The number of hydrogen-bond donors (Lipinski definition) is 2. The third-order valence-corrected chi connectivity index (χ3v) is 3.80. The van der Waals surface area contributed by atoms with Crippen LogP contribution in [-0.4, -0.2) is 20.6 Å². The van der Waals surface area contributed by atoms with Crippen molar-refractivity contribution < 1.29 is 0 Å². The van der Waals surface area contributed by atoms with E-state index in [1.165, 1.54) is 27.8 Å². The molecule has 0 heterocycles. The summed E-state index contributed by atoms with van der Waals surface area (Å²) < 4.78 is 0. The molecule has 1 rings (SSSR count). The molecule has 2 heteroatoms. The average Bonchev–Trinajstić information content (AvgIpc) is 2.31. The Bertz CT molecular complexity index is 357. The topological polar surface area (TPSA) is 24.1 Å². The van der Waals surface area contributed by atoms with Crippen molar-refractivity contribution in [1.82, 2.24) is 10.6 Å². The van der Waals surface area contributed by atoms with Crippen LogP contribution >= 0.6 is 0 Å². The van der Waals surface area contributed by atoms with Crippen LogP contribution in [0.25, 0.3) is 0 Å². The molecule has 0 spiro atoms. The van der Waals surface area contributed by atoms with Crippen molar-refractivity contribution in [1.29, 1.82) is 0 Å². The summed E-state index contributed by atoms with van der Waals surface area (Å²) in [5.41, 5.74) is 7.15. The van der Waals surface area contributed by atoms with Gasteiger partial charge in [-0.25, -0.2) is 0 Å². The highest BCUT2D eigenvalue weighted by Gasteiger charge is 2.16. The fraction of sp³-hybridized carbons (Fsp3) is 0.600. The minimum absolute atomic E-state index is 0.445. The predicted molar refractivity (Wildman–Crippen MR) is 75.7 cm³/mol. The molecule has 0 aliphatic rings. The molecule has 0 aromatic heterocycles. The number of nitrogens with one attached hydrogen (secondary N) is 2. The van der Waals surface area contributed by atoms with Gasteiger partial charge in [-0.2, -0.15) is 0 Å². The Kier molecular flexibility index (Phi) is 5.16. The molecule has 0 bridgehead atoms. The molecule has 0 fully saturated rings. The zero-order valence-corrected chi connectivity index (χ0v) is 12.1. The fourth-order valence-electron chi connectivity index (χ4n) is 2.49. The van der Waals surface area contributed by atoms with Crippen molar-refractivity contribution in [3.8, 4) is 0 Å². The van der Waals surface area contributed by atoms with Gasteiger partial charge in [0.25, 0.3) is 0 Å². The van der Waals surface area contributed by atoms with Crippen molar-refractivity contribution in [2.45, 2.75) is 40.2 Å². The van der Waals surface area contributed by atoms with Crippen LogP contribution < -0.4 is 10.6 Å². The Morgan fingerprint density at radius 2 is 1.53 bits per heavy atom. The first-order valence-corrected chi connectivity index (χ1v) is 6.42. The SMILES string of the molecule is CNCCC(NC)c1c(C)c(C)cc(C)c1C. The van der Waals surface area contributed by atoms with Crippen molar-refractivity contribution in [3.63, 3.8) is 0 Å². The quantitative estimate of drug-likeness (QED) is 0.818. The summed E-state index contributed by atoms with van der Waals surface area (Å²) in [5, 5.41) is 6.68. The molecule has 96 valence electrons. The van der Waals surface area contributed by atoms with Gasteiger partial charge in [-0.3, -0.25) is 0 Å². The first kappa shape index (κ1) is 14.2. The molecule has 2 N–H and O–H groups in total. The smallest absolute Gasteiger partial charge is 0.0335 e. The lowest BCUT2D eigenvalue weighted by Crippen LogP contribution is -2.23. The molecule has 0 radical (unpaired) electrons. The maximum absolute atomic E-state index is 3.45. The molecule has 0 aliphatic carbocycles. The molecular formula is C15H26N2. The lowest BCUT2D eigenvalue weighted by molar-refractivity contribution is 0.528. The van der Waals surface area contributed by atoms with Gasteiger partial charge in [0.2, 0.25) is 0 Å². The average molecular weight is 234 g/mol. The van der Waals surface area contributed by atoms with E-state index < -0.39 is 0 Å². The summed E-state index contributed by atoms with van der Waals surface area (Å²) in [5.74, 6) is 0. The van der Waals surface area contributed by atoms with E-state index in [1.807, 2.05) is 7.05 Å². The highest BCUT2D eigenvalue weighted by atomic mass is 14.9. The number of hydrogen-bond acceptors (Lipinski definition) is 2. The monoisotopic (exact) mass is 234 g/mol. The van der Waals surface area contributed by atoms with E-state index >= 15 is 0 Å². The second kappa shape index (κ2) is 6.18. The van der Waals surface area contributed by atoms with Gasteiger partial charge in [0, 0.05) is 6.04 Å². The summed E-state index contributed by atoms with van der Waals surface area (Å²) in [6, 6.07) is 2.74. The van der Waals surface area contributed by atoms with Gasteiger partial charge in [0.1, 0.15) is 0 Å². The van der Waals surface area contributed by atoms with Gasteiger partial charge in [-0.15, -0.1) is 0 Å². The molecule has 1 atom stereocenters. The van der Waals surface area contributed by atoms with Gasteiger partial charge in [0.05, 0.1) is 0 Å². The van der Waals surface area contributed by atoms with Crippen LogP contribution in [0.5, 0.6) is 0 Å². The Balaban J connectivity index is 3.17. The first-order valence-electron chi connectivity index (χ1n) is 6.42.